The molecule has 2 N–H and O–H groups in total. The van der Waals surface area contributed by atoms with Gasteiger partial charge in [-0.3, -0.25) is 9.59 Å². The molecule has 25 heavy (non-hydrogen) atoms. The fourth-order valence-corrected chi connectivity index (χ4v) is 3.45. The monoisotopic (exact) mass is 355 g/mol. The second-order valence-electron chi connectivity index (χ2n) is 5.37. The van der Waals surface area contributed by atoms with E-state index >= 15 is 0 Å². The topological polar surface area (TPSA) is 79.8 Å². The fourth-order valence-electron chi connectivity index (χ4n) is 2.34. The van der Waals surface area contributed by atoms with E-state index in [2.05, 4.69) is 15.8 Å². The zero-order valence-corrected chi connectivity index (χ0v) is 14.4. The number of thioether (sulfide) groups is 1. The molecule has 0 aromatic heterocycles. The Morgan fingerprint density at radius 1 is 1.32 bits per heavy atom. The van der Waals surface area contributed by atoms with E-state index in [9.17, 15) is 9.59 Å². The lowest BCUT2D eigenvalue weighted by atomic mass is 10.2. The first kappa shape index (κ1) is 17.0. The van der Waals surface area contributed by atoms with Crippen LogP contribution >= 0.6 is 11.8 Å². The number of hydrazone groups is 1. The second-order valence-corrected chi connectivity index (χ2v) is 6.61. The van der Waals surface area contributed by atoms with Crippen molar-refractivity contribution in [3.8, 4) is 5.75 Å². The van der Waals surface area contributed by atoms with Crippen molar-refractivity contribution in [2.75, 3.05) is 12.4 Å². The molecular weight excluding hydrogens is 338 g/mol. The Labute approximate surface area is 149 Å². The van der Waals surface area contributed by atoms with Gasteiger partial charge in [0.15, 0.2) is 0 Å². The Hall–Kier alpha value is -2.80. The summed E-state index contributed by atoms with van der Waals surface area (Å²) in [4.78, 5) is 25.1. The summed E-state index contributed by atoms with van der Waals surface area (Å²) in [5.74, 6) is 0.228. The third-order valence-electron chi connectivity index (χ3n) is 3.57. The highest BCUT2D eigenvalue weighted by Crippen LogP contribution is 2.36. The SMILES string of the molecule is COc1cccc(C=NNC(=O)CC2Sc3ccccc3NC2=O)c1. The van der Waals surface area contributed by atoms with Crippen LogP contribution in [-0.4, -0.2) is 30.4 Å². The maximum Gasteiger partial charge on any atom is 0.241 e. The summed E-state index contributed by atoms with van der Waals surface area (Å²) in [6.07, 6.45) is 1.59. The lowest BCUT2D eigenvalue weighted by Crippen LogP contribution is -2.33. The van der Waals surface area contributed by atoms with Crippen molar-refractivity contribution in [3.63, 3.8) is 0 Å². The van der Waals surface area contributed by atoms with Gasteiger partial charge < -0.3 is 10.1 Å². The third kappa shape index (κ3) is 4.39. The molecule has 2 amide bonds. The number of amides is 2. The molecule has 0 spiro atoms. The Morgan fingerprint density at radius 2 is 2.16 bits per heavy atom. The molecule has 6 nitrogen and oxygen atoms in total. The Morgan fingerprint density at radius 3 is 3.00 bits per heavy atom. The number of fused-ring (bicyclic) bond motifs is 1. The highest BCUT2D eigenvalue weighted by atomic mass is 32.2. The number of rotatable bonds is 5. The van der Waals surface area contributed by atoms with E-state index in [4.69, 9.17) is 4.74 Å². The van der Waals surface area contributed by atoms with Gasteiger partial charge in [0.1, 0.15) is 5.75 Å². The third-order valence-corrected chi connectivity index (χ3v) is 4.85. The number of anilines is 1. The molecule has 1 heterocycles. The van der Waals surface area contributed by atoms with Crippen LogP contribution in [0.15, 0.2) is 58.5 Å². The molecule has 128 valence electrons. The number of benzene rings is 2. The molecule has 1 unspecified atom stereocenters. The van der Waals surface area contributed by atoms with Gasteiger partial charge in [-0.05, 0) is 29.8 Å². The summed E-state index contributed by atoms with van der Waals surface area (Å²) in [5.41, 5.74) is 4.04. The van der Waals surface area contributed by atoms with Crippen molar-refractivity contribution in [1.82, 2.24) is 5.43 Å². The summed E-state index contributed by atoms with van der Waals surface area (Å²) in [6.45, 7) is 0. The fraction of sp³-hybridized carbons (Fsp3) is 0.167. The first-order valence-electron chi connectivity index (χ1n) is 7.68. The number of ether oxygens (including phenoxy) is 1. The number of carbonyl (C=O) groups excluding carboxylic acids is 2. The molecular formula is C18H17N3O3S. The molecule has 0 radical (unpaired) electrons. The van der Waals surface area contributed by atoms with Crippen LogP contribution in [0, 0.1) is 0 Å². The van der Waals surface area contributed by atoms with Crippen molar-refractivity contribution in [1.29, 1.82) is 0 Å². The number of para-hydroxylation sites is 1. The molecule has 1 aliphatic rings. The normalized spacial score (nSPS) is 16.2. The van der Waals surface area contributed by atoms with Crippen molar-refractivity contribution in [2.24, 2.45) is 5.10 Å². The molecule has 3 rings (SSSR count). The molecule has 2 aromatic carbocycles. The van der Waals surface area contributed by atoms with Gasteiger partial charge in [-0.15, -0.1) is 11.8 Å². The van der Waals surface area contributed by atoms with E-state index in [0.717, 1.165) is 16.1 Å². The summed E-state index contributed by atoms with van der Waals surface area (Å²) >= 11 is 1.39. The van der Waals surface area contributed by atoms with E-state index in [1.807, 2.05) is 42.5 Å². The highest BCUT2D eigenvalue weighted by Gasteiger charge is 2.28. The van der Waals surface area contributed by atoms with Crippen molar-refractivity contribution >= 4 is 35.5 Å². The number of carbonyl (C=O) groups is 2. The summed E-state index contributed by atoms with van der Waals surface area (Å²) in [5, 5.41) is 6.28. The standard InChI is InChI=1S/C18H17N3O3S/c1-24-13-6-4-5-12(9-13)11-19-21-17(22)10-16-18(23)20-14-7-2-3-8-15(14)25-16/h2-9,11,16H,10H2,1H3,(H,20,23)(H,21,22). The van der Waals surface area contributed by atoms with Gasteiger partial charge in [-0.25, -0.2) is 5.43 Å². The van der Waals surface area contributed by atoms with Gasteiger partial charge in [0.05, 0.1) is 24.3 Å². The highest BCUT2D eigenvalue weighted by molar-refractivity contribution is 8.01. The zero-order valence-electron chi connectivity index (χ0n) is 13.6. The molecule has 7 heteroatoms. The number of nitrogens with one attached hydrogen (secondary N) is 2. The first-order chi connectivity index (χ1) is 12.2. The largest absolute Gasteiger partial charge is 0.497 e. The number of methoxy groups -OCH3 is 1. The van der Waals surface area contributed by atoms with E-state index < -0.39 is 5.25 Å². The summed E-state index contributed by atoms with van der Waals surface area (Å²) in [7, 11) is 1.59. The molecule has 0 fully saturated rings. The predicted octanol–water partition coefficient (Wildman–Crippen LogP) is 2.65. The maximum absolute atomic E-state index is 12.1. The second kappa shape index (κ2) is 7.85. The van der Waals surface area contributed by atoms with Crippen LogP contribution in [0.2, 0.25) is 0 Å². The van der Waals surface area contributed by atoms with Crippen molar-refractivity contribution in [2.45, 2.75) is 16.6 Å². The average molecular weight is 355 g/mol. The summed E-state index contributed by atoms with van der Waals surface area (Å²) < 4.78 is 5.13. The van der Waals surface area contributed by atoms with E-state index in [0.29, 0.717) is 5.75 Å². The minimum Gasteiger partial charge on any atom is -0.497 e. The van der Waals surface area contributed by atoms with E-state index in [1.54, 1.807) is 13.2 Å². The van der Waals surface area contributed by atoms with Gasteiger partial charge in [-0.1, -0.05) is 24.3 Å². The number of hydrogen-bond acceptors (Lipinski definition) is 5. The average Bonchev–Trinajstić information content (AvgIpc) is 2.62. The smallest absolute Gasteiger partial charge is 0.241 e. The first-order valence-corrected chi connectivity index (χ1v) is 8.56. The maximum atomic E-state index is 12.1. The van der Waals surface area contributed by atoms with Gasteiger partial charge in [0.25, 0.3) is 0 Å². The Balaban J connectivity index is 1.56. The van der Waals surface area contributed by atoms with Gasteiger partial charge in [0.2, 0.25) is 11.8 Å². The van der Waals surface area contributed by atoms with Crippen LogP contribution in [0.3, 0.4) is 0 Å². The lowest BCUT2D eigenvalue weighted by Gasteiger charge is -2.23. The molecule has 0 bridgehead atoms. The number of nitrogens with zero attached hydrogens (tertiary/aromatic N) is 1. The number of hydrogen-bond donors (Lipinski definition) is 2. The van der Waals surface area contributed by atoms with Crippen LogP contribution < -0.4 is 15.5 Å². The zero-order chi connectivity index (χ0) is 17.6. The van der Waals surface area contributed by atoms with Crippen molar-refractivity contribution < 1.29 is 14.3 Å². The minimum atomic E-state index is -0.470. The van der Waals surface area contributed by atoms with E-state index in [1.165, 1.54) is 18.0 Å². The van der Waals surface area contributed by atoms with E-state index in [-0.39, 0.29) is 18.2 Å². The molecule has 0 saturated heterocycles. The van der Waals surface area contributed by atoms with Gasteiger partial charge >= 0.3 is 0 Å². The molecule has 0 saturated carbocycles. The lowest BCUT2D eigenvalue weighted by molar-refractivity contribution is -0.124. The van der Waals surface area contributed by atoms with Crippen LogP contribution in [-0.2, 0) is 9.59 Å². The Bertz CT molecular complexity index is 823. The molecule has 1 atom stereocenters. The molecule has 1 aliphatic heterocycles. The van der Waals surface area contributed by atoms with Crippen LogP contribution in [0.25, 0.3) is 0 Å². The van der Waals surface area contributed by atoms with Gasteiger partial charge in [0, 0.05) is 11.3 Å². The summed E-state index contributed by atoms with van der Waals surface area (Å²) in [6, 6.07) is 14.8. The van der Waals surface area contributed by atoms with Crippen LogP contribution in [0.4, 0.5) is 5.69 Å². The Kier molecular flexibility index (Phi) is 5.35. The quantitative estimate of drug-likeness (QED) is 0.638. The van der Waals surface area contributed by atoms with Crippen molar-refractivity contribution in [3.05, 3.63) is 54.1 Å². The molecule has 2 aromatic rings. The van der Waals surface area contributed by atoms with Gasteiger partial charge in [-0.2, -0.15) is 5.10 Å². The molecule has 0 aliphatic carbocycles. The minimum absolute atomic E-state index is 0.0558. The van der Waals surface area contributed by atoms with Crippen LogP contribution in [0.5, 0.6) is 5.75 Å². The van der Waals surface area contributed by atoms with Crippen LogP contribution in [0.1, 0.15) is 12.0 Å². The predicted molar refractivity (Wildman–Crippen MR) is 98.1 cm³/mol.